The van der Waals surface area contributed by atoms with E-state index in [1.165, 1.54) is 18.9 Å². The fraction of sp³-hybridized carbons (Fsp3) is 0.800. The molecule has 0 spiro atoms. The van der Waals surface area contributed by atoms with Crippen molar-refractivity contribution in [1.29, 1.82) is 0 Å². The molecule has 1 fully saturated rings. The molecule has 0 N–H and O–H groups in total. The van der Waals surface area contributed by atoms with E-state index in [0.29, 0.717) is 0 Å². The first-order chi connectivity index (χ1) is 5.58. The minimum atomic E-state index is -0.858. The molecule has 0 saturated carbocycles. The average Bonchev–Trinajstić information content (AvgIpc) is 2.02. The summed E-state index contributed by atoms with van der Waals surface area (Å²) in [5.41, 5.74) is 1.63. The van der Waals surface area contributed by atoms with Crippen LogP contribution in [0.1, 0.15) is 12.8 Å². The number of allylic oxidation sites excluding steroid dienone is 1. The van der Waals surface area contributed by atoms with Crippen LogP contribution in [0.4, 0.5) is 0 Å². The van der Waals surface area contributed by atoms with E-state index in [-0.39, 0.29) is 0 Å². The lowest BCUT2D eigenvalue weighted by atomic mass is 10.1. The van der Waals surface area contributed by atoms with Gasteiger partial charge in [0.1, 0.15) is 0 Å². The van der Waals surface area contributed by atoms with E-state index in [1.807, 2.05) is 0 Å². The summed E-state index contributed by atoms with van der Waals surface area (Å²) in [4.78, 5) is 0. The lowest BCUT2D eigenvalue weighted by Gasteiger charge is -2.17. The molecular weight excluding hydrogens is 164 g/mol. The van der Waals surface area contributed by atoms with Gasteiger partial charge in [0.25, 0.3) is 0 Å². The molecule has 1 rings (SSSR count). The lowest BCUT2D eigenvalue weighted by Crippen LogP contribution is -2.18. The molecule has 0 atom stereocenters. The summed E-state index contributed by atoms with van der Waals surface area (Å²) in [5.74, 6) is 0. The zero-order valence-corrected chi connectivity index (χ0v) is 9.52. The van der Waals surface area contributed by atoms with E-state index >= 15 is 0 Å². The van der Waals surface area contributed by atoms with E-state index in [9.17, 15) is 0 Å². The maximum atomic E-state index is 5.30. The van der Waals surface area contributed by atoms with Crippen LogP contribution in [0.15, 0.2) is 11.6 Å². The second-order valence-electron chi connectivity index (χ2n) is 4.74. The molecule has 0 bridgehead atoms. The Kier molecular flexibility index (Phi) is 3.53. The van der Waals surface area contributed by atoms with Gasteiger partial charge in [0, 0.05) is 8.07 Å². The van der Waals surface area contributed by atoms with Crippen LogP contribution < -0.4 is 0 Å². The van der Waals surface area contributed by atoms with Gasteiger partial charge in [0.15, 0.2) is 0 Å². The molecule has 1 saturated heterocycles. The van der Waals surface area contributed by atoms with Crippen molar-refractivity contribution in [2.24, 2.45) is 0 Å². The van der Waals surface area contributed by atoms with Crippen LogP contribution in [-0.2, 0) is 4.74 Å². The predicted molar refractivity (Wildman–Crippen MR) is 56.3 cm³/mol. The highest BCUT2D eigenvalue weighted by Crippen LogP contribution is 2.17. The minimum absolute atomic E-state index is 0.858. The van der Waals surface area contributed by atoms with Crippen molar-refractivity contribution >= 4 is 8.07 Å². The summed E-state index contributed by atoms with van der Waals surface area (Å²) in [5, 5.41) is 0. The number of hydrogen-bond acceptors (Lipinski definition) is 1. The first-order valence-electron chi connectivity index (χ1n) is 4.83. The van der Waals surface area contributed by atoms with E-state index in [2.05, 4.69) is 25.7 Å². The Morgan fingerprint density at radius 3 is 2.33 bits per heavy atom. The maximum Gasteiger partial charge on any atom is 0.0503 e. The molecule has 0 aromatic rings. The van der Waals surface area contributed by atoms with E-state index in [0.717, 1.165) is 13.2 Å². The Hall–Kier alpha value is -0.0831. The standard InChI is InChI=1S/C10H20OSi/c1-12(2,3)9-6-10-4-7-11-8-5-10/h6H,4-5,7-9H2,1-3H3. The Morgan fingerprint density at radius 1 is 1.25 bits per heavy atom. The lowest BCUT2D eigenvalue weighted by molar-refractivity contribution is 0.119. The van der Waals surface area contributed by atoms with Gasteiger partial charge in [0.05, 0.1) is 13.2 Å². The SMILES string of the molecule is C[Si](C)(C)CC=C1CCOCC1. The molecule has 0 unspecified atom stereocenters. The quantitative estimate of drug-likeness (QED) is 0.473. The Bertz CT molecular complexity index is 159. The highest BCUT2D eigenvalue weighted by Gasteiger charge is 2.12. The number of rotatable bonds is 2. The molecule has 1 aliphatic rings. The summed E-state index contributed by atoms with van der Waals surface area (Å²) in [6.45, 7) is 9.14. The van der Waals surface area contributed by atoms with Crippen molar-refractivity contribution in [3.05, 3.63) is 11.6 Å². The predicted octanol–water partition coefficient (Wildman–Crippen LogP) is 3.06. The van der Waals surface area contributed by atoms with Gasteiger partial charge in [-0.1, -0.05) is 31.3 Å². The smallest absolute Gasteiger partial charge is 0.0503 e. The summed E-state index contributed by atoms with van der Waals surface area (Å²) in [6.07, 6.45) is 4.81. The van der Waals surface area contributed by atoms with Crippen LogP contribution in [-0.4, -0.2) is 21.3 Å². The first-order valence-corrected chi connectivity index (χ1v) is 8.54. The molecule has 70 valence electrons. The molecule has 2 heteroatoms. The fourth-order valence-corrected chi connectivity index (χ4v) is 2.19. The zero-order valence-electron chi connectivity index (χ0n) is 8.52. The molecule has 0 aromatic heterocycles. The van der Waals surface area contributed by atoms with E-state index in [4.69, 9.17) is 4.74 Å². The molecule has 0 radical (unpaired) electrons. The van der Waals surface area contributed by atoms with Crippen molar-refractivity contribution < 1.29 is 4.74 Å². The second-order valence-corrected chi connectivity index (χ2v) is 10.3. The van der Waals surface area contributed by atoms with E-state index in [1.54, 1.807) is 5.57 Å². The fourth-order valence-electron chi connectivity index (χ4n) is 1.29. The molecule has 0 aliphatic carbocycles. The van der Waals surface area contributed by atoms with Crippen molar-refractivity contribution in [3.63, 3.8) is 0 Å². The van der Waals surface area contributed by atoms with Gasteiger partial charge in [-0.15, -0.1) is 0 Å². The minimum Gasteiger partial charge on any atom is -0.381 e. The summed E-state index contributed by atoms with van der Waals surface area (Å²) >= 11 is 0. The van der Waals surface area contributed by atoms with Crippen molar-refractivity contribution in [3.8, 4) is 0 Å². The highest BCUT2D eigenvalue weighted by molar-refractivity contribution is 6.76. The largest absolute Gasteiger partial charge is 0.381 e. The van der Waals surface area contributed by atoms with Gasteiger partial charge in [-0.25, -0.2) is 0 Å². The van der Waals surface area contributed by atoms with Crippen LogP contribution in [0.2, 0.25) is 25.7 Å². The van der Waals surface area contributed by atoms with Crippen LogP contribution in [0.5, 0.6) is 0 Å². The van der Waals surface area contributed by atoms with Gasteiger partial charge in [-0.3, -0.25) is 0 Å². The molecular formula is C10H20OSi. The summed E-state index contributed by atoms with van der Waals surface area (Å²) < 4.78 is 5.30. The van der Waals surface area contributed by atoms with Crippen LogP contribution in [0, 0.1) is 0 Å². The summed E-state index contributed by atoms with van der Waals surface area (Å²) in [7, 11) is -0.858. The van der Waals surface area contributed by atoms with E-state index < -0.39 is 8.07 Å². The molecule has 1 aliphatic heterocycles. The second kappa shape index (κ2) is 4.24. The number of hydrogen-bond donors (Lipinski definition) is 0. The topological polar surface area (TPSA) is 9.23 Å². The zero-order chi connectivity index (χ0) is 9.03. The van der Waals surface area contributed by atoms with Crippen molar-refractivity contribution in [2.75, 3.05) is 13.2 Å². The van der Waals surface area contributed by atoms with Gasteiger partial charge >= 0.3 is 0 Å². The van der Waals surface area contributed by atoms with Crippen LogP contribution >= 0.6 is 0 Å². The maximum absolute atomic E-state index is 5.30. The average molecular weight is 184 g/mol. The molecule has 0 aromatic carbocycles. The molecule has 0 amide bonds. The van der Waals surface area contributed by atoms with Crippen molar-refractivity contribution in [1.82, 2.24) is 0 Å². The first kappa shape index (κ1) is 10.0. The third kappa shape index (κ3) is 4.07. The molecule has 1 heterocycles. The Labute approximate surface area is 76.8 Å². The van der Waals surface area contributed by atoms with Crippen LogP contribution in [0.3, 0.4) is 0 Å². The monoisotopic (exact) mass is 184 g/mol. The van der Waals surface area contributed by atoms with Gasteiger partial charge in [0.2, 0.25) is 0 Å². The van der Waals surface area contributed by atoms with Crippen LogP contribution in [0.25, 0.3) is 0 Å². The van der Waals surface area contributed by atoms with Crippen molar-refractivity contribution in [2.45, 2.75) is 38.5 Å². The third-order valence-electron chi connectivity index (χ3n) is 2.14. The summed E-state index contributed by atoms with van der Waals surface area (Å²) in [6, 6.07) is 1.34. The Balaban J connectivity index is 2.35. The highest BCUT2D eigenvalue weighted by atomic mass is 28.3. The third-order valence-corrected chi connectivity index (χ3v) is 3.57. The van der Waals surface area contributed by atoms with Gasteiger partial charge in [-0.05, 0) is 18.9 Å². The molecule has 12 heavy (non-hydrogen) atoms. The van der Waals surface area contributed by atoms with Gasteiger partial charge in [-0.2, -0.15) is 0 Å². The normalized spacial score (nSPS) is 19.4. The molecule has 1 nitrogen and oxygen atoms in total. The number of ether oxygens (including phenoxy) is 1. The van der Waals surface area contributed by atoms with Gasteiger partial charge < -0.3 is 4.74 Å². The Morgan fingerprint density at radius 2 is 1.83 bits per heavy atom.